The normalized spacial score (nSPS) is 11.8. The van der Waals surface area contributed by atoms with Gasteiger partial charge >= 0.3 is 6.61 Å². The zero-order chi connectivity index (χ0) is 22.2. The second kappa shape index (κ2) is 10.7. The first-order chi connectivity index (χ1) is 15.0. The summed E-state index contributed by atoms with van der Waals surface area (Å²) < 4.78 is 34.5. The molecule has 162 valence electrons. The number of anilines is 1. The van der Waals surface area contributed by atoms with Crippen molar-refractivity contribution in [2.45, 2.75) is 12.7 Å². The molecule has 0 aliphatic heterocycles. The SMILES string of the molecule is COc1ccc(Cl)cc1NC(=O)CN[C@@H](c1ccccc1)c1ccc(OC(F)F)cc1. The van der Waals surface area contributed by atoms with Crippen LogP contribution in [0.25, 0.3) is 0 Å². The predicted octanol–water partition coefficient (Wildman–Crippen LogP) is 5.27. The van der Waals surface area contributed by atoms with Gasteiger partial charge in [-0.15, -0.1) is 0 Å². The maximum atomic E-state index is 12.6. The third-order valence-corrected chi connectivity index (χ3v) is 4.71. The molecule has 0 aliphatic rings. The van der Waals surface area contributed by atoms with Gasteiger partial charge in [0.25, 0.3) is 0 Å². The minimum atomic E-state index is -2.89. The Morgan fingerprint density at radius 1 is 1.00 bits per heavy atom. The summed E-state index contributed by atoms with van der Waals surface area (Å²) in [5, 5.41) is 6.46. The van der Waals surface area contributed by atoms with Crippen LogP contribution < -0.4 is 20.1 Å². The number of nitrogens with one attached hydrogen (secondary N) is 2. The molecule has 8 heteroatoms. The average Bonchev–Trinajstić information content (AvgIpc) is 2.75. The predicted molar refractivity (Wildman–Crippen MR) is 116 cm³/mol. The number of alkyl halides is 2. The van der Waals surface area contributed by atoms with E-state index >= 15 is 0 Å². The number of amides is 1. The molecule has 0 saturated carbocycles. The number of hydrogen-bond acceptors (Lipinski definition) is 4. The van der Waals surface area contributed by atoms with Gasteiger partial charge in [-0.25, -0.2) is 0 Å². The van der Waals surface area contributed by atoms with Crippen LogP contribution in [0.4, 0.5) is 14.5 Å². The quantitative estimate of drug-likeness (QED) is 0.470. The van der Waals surface area contributed by atoms with E-state index in [-0.39, 0.29) is 24.2 Å². The highest BCUT2D eigenvalue weighted by molar-refractivity contribution is 6.31. The minimum Gasteiger partial charge on any atom is -0.495 e. The van der Waals surface area contributed by atoms with Gasteiger partial charge in [0.1, 0.15) is 11.5 Å². The summed E-state index contributed by atoms with van der Waals surface area (Å²) >= 11 is 6.01. The molecule has 0 fully saturated rings. The Balaban J connectivity index is 1.74. The summed E-state index contributed by atoms with van der Waals surface area (Å²) in [5.74, 6) is 0.266. The molecule has 3 aromatic carbocycles. The molecule has 5 nitrogen and oxygen atoms in total. The van der Waals surface area contributed by atoms with Crippen molar-refractivity contribution in [1.82, 2.24) is 5.32 Å². The van der Waals surface area contributed by atoms with E-state index in [0.717, 1.165) is 11.1 Å². The van der Waals surface area contributed by atoms with Gasteiger partial charge in [0, 0.05) is 5.02 Å². The summed E-state index contributed by atoms with van der Waals surface area (Å²) in [6.07, 6.45) is 0. The molecule has 0 aliphatic carbocycles. The molecule has 3 rings (SSSR count). The molecule has 1 atom stereocenters. The Morgan fingerprint density at radius 3 is 2.32 bits per heavy atom. The Labute approximate surface area is 183 Å². The third-order valence-electron chi connectivity index (χ3n) is 4.47. The molecule has 31 heavy (non-hydrogen) atoms. The lowest BCUT2D eigenvalue weighted by atomic mass is 9.98. The fourth-order valence-corrected chi connectivity index (χ4v) is 3.25. The zero-order valence-corrected chi connectivity index (χ0v) is 17.4. The van der Waals surface area contributed by atoms with E-state index in [2.05, 4.69) is 15.4 Å². The fourth-order valence-electron chi connectivity index (χ4n) is 3.08. The van der Waals surface area contributed by atoms with Gasteiger partial charge in [-0.1, -0.05) is 54.1 Å². The van der Waals surface area contributed by atoms with Crippen LogP contribution in [0.5, 0.6) is 11.5 Å². The Kier molecular flexibility index (Phi) is 7.81. The first-order valence-corrected chi connectivity index (χ1v) is 9.80. The molecular formula is C23H21ClF2N2O3. The van der Waals surface area contributed by atoms with Crippen LogP contribution in [0.2, 0.25) is 5.02 Å². The highest BCUT2D eigenvalue weighted by atomic mass is 35.5. The first-order valence-electron chi connectivity index (χ1n) is 9.42. The van der Waals surface area contributed by atoms with Crippen LogP contribution in [0.3, 0.4) is 0 Å². The third kappa shape index (κ3) is 6.41. The number of carbonyl (C=O) groups excluding carboxylic acids is 1. The summed E-state index contributed by atoms with van der Waals surface area (Å²) in [4.78, 5) is 12.6. The van der Waals surface area contributed by atoms with Crippen molar-refractivity contribution in [2.75, 3.05) is 19.0 Å². The highest BCUT2D eigenvalue weighted by Crippen LogP contribution is 2.28. The van der Waals surface area contributed by atoms with Gasteiger partial charge in [0.05, 0.1) is 25.4 Å². The number of benzene rings is 3. The lowest BCUT2D eigenvalue weighted by Gasteiger charge is -2.20. The zero-order valence-electron chi connectivity index (χ0n) is 16.6. The molecule has 2 N–H and O–H groups in total. The van der Waals surface area contributed by atoms with Crippen LogP contribution in [-0.4, -0.2) is 26.2 Å². The van der Waals surface area contributed by atoms with Crippen molar-refractivity contribution in [1.29, 1.82) is 0 Å². The highest BCUT2D eigenvalue weighted by Gasteiger charge is 2.16. The van der Waals surface area contributed by atoms with Gasteiger partial charge in [0.2, 0.25) is 5.91 Å². The average molecular weight is 447 g/mol. The molecular weight excluding hydrogens is 426 g/mol. The number of rotatable bonds is 9. The first kappa shape index (κ1) is 22.5. The van der Waals surface area contributed by atoms with Crippen LogP contribution in [0.1, 0.15) is 17.2 Å². The maximum absolute atomic E-state index is 12.6. The second-order valence-corrected chi connectivity index (χ2v) is 7.00. The van der Waals surface area contributed by atoms with Gasteiger partial charge in [0.15, 0.2) is 0 Å². The van der Waals surface area contributed by atoms with Gasteiger partial charge in [-0.3, -0.25) is 10.1 Å². The van der Waals surface area contributed by atoms with Gasteiger partial charge < -0.3 is 14.8 Å². The van der Waals surface area contributed by atoms with Crippen molar-refractivity contribution < 1.29 is 23.0 Å². The Hall–Kier alpha value is -3.16. The molecule has 1 amide bonds. The van der Waals surface area contributed by atoms with Crippen LogP contribution in [0.15, 0.2) is 72.8 Å². The van der Waals surface area contributed by atoms with E-state index in [4.69, 9.17) is 16.3 Å². The summed E-state index contributed by atoms with van der Waals surface area (Å²) in [6, 6.07) is 20.4. The maximum Gasteiger partial charge on any atom is 0.387 e. The molecule has 0 spiro atoms. The fraction of sp³-hybridized carbons (Fsp3) is 0.174. The summed E-state index contributed by atoms with van der Waals surface area (Å²) in [5.41, 5.74) is 2.17. The molecule has 0 aromatic heterocycles. The number of ether oxygens (including phenoxy) is 2. The monoisotopic (exact) mass is 446 g/mol. The van der Waals surface area contributed by atoms with Crippen molar-refractivity contribution in [3.63, 3.8) is 0 Å². The molecule has 3 aromatic rings. The molecule has 0 bridgehead atoms. The lowest BCUT2D eigenvalue weighted by molar-refractivity contribution is -0.115. The van der Waals surface area contributed by atoms with Crippen molar-refractivity contribution in [2.24, 2.45) is 0 Å². The van der Waals surface area contributed by atoms with Crippen LogP contribution in [-0.2, 0) is 4.79 Å². The molecule has 0 heterocycles. The second-order valence-electron chi connectivity index (χ2n) is 6.56. The van der Waals surface area contributed by atoms with Crippen molar-refractivity contribution in [3.8, 4) is 11.5 Å². The number of carbonyl (C=O) groups is 1. The topological polar surface area (TPSA) is 59.6 Å². The smallest absolute Gasteiger partial charge is 0.387 e. The van der Waals surface area contributed by atoms with E-state index in [1.54, 1.807) is 30.3 Å². The van der Waals surface area contributed by atoms with E-state index in [9.17, 15) is 13.6 Å². The van der Waals surface area contributed by atoms with E-state index in [1.165, 1.54) is 19.2 Å². The Bertz CT molecular complexity index is 1000. The van der Waals surface area contributed by atoms with Gasteiger partial charge in [-0.2, -0.15) is 8.78 Å². The number of methoxy groups -OCH3 is 1. The lowest BCUT2D eigenvalue weighted by Crippen LogP contribution is -2.32. The van der Waals surface area contributed by atoms with Crippen molar-refractivity contribution in [3.05, 3.63) is 88.9 Å². The largest absolute Gasteiger partial charge is 0.495 e. The van der Waals surface area contributed by atoms with Crippen LogP contribution >= 0.6 is 11.6 Å². The minimum absolute atomic E-state index is 0.00941. The molecule has 0 radical (unpaired) electrons. The standard InChI is InChI=1S/C23H21ClF2N2O3/c1-30-20-12-9-17(24)13-19(20)28-21(29)14-27-22(15-5-3-2-4-6-15)16-7-10-18(11-8-16)31-23(25)26/h2-13,22-23,27H,14H2,1H3,(H,28,29)/t22-/m0/s1. The molecule has 0 unspecified atom stereocenters. The number of hydrogen-bond donors (Lipinski definition) is 2. The van der Waals surface area contributed by atoms with Gasteiger partial charge in [-0.05, 0) is 41.5 Å². The Morgan fingerprint density at radius 2 is 1.68 bits per heavy atom. The summed E-state index contributed by atoms with van der Waals surface area (Å²) in [6.45, 7) is -2.90. The van der Waals surface area contributed by atoms with Crippen molar-refractivity contribution >= 4 is 23.2 Å². The number of halogens is 3. The van der Waals surface area contributed by atoms with Crippen LogP contribution in [0, 0.1) is 0 Å². The summed E-state index contributed by atoms with van der Waals surface area (Å²) in [7, 11) is 1.50. The molecule has 0 saturated heterocycles. The van der Waals surface area contributed by atoms with E-state index in [0.29, 0.717) is 16.5 Å². The van der Waals surface area contributed by atoms with E-state index in [1.807, 2.05) is 30.3 Å². The van der Waals surface area contributed by atoms with E-state index < -0.39 is 6.61 Å².